The molecule has 19 heavy (non-hydrogen) atoms. The monoisotopic (exact) mass is 275 g/mol. The van der Waals surface area contributed by atoms with E-state index in [0.29, 0.717) is 17.5 Å². The van der Waals surface area contributed by atoms with E-state index >= 15 is 0 Å². The van der Waals surface area contributed by atoms with Gasteiger partial charge in [-0.2, -0.15) is 0 Å². The smallest absolute Gasteiger partial charge is 0.192 e. The van der Waals surface area contributed by atoms with Crippen LogP contribution < -0.4 is 10.5 Å². The third-order valence-corrected chi connectivity index (χ3v) is 3.21. The molecule has 5 heteroatoms. The number of rotatable bonds is 5. The summed E-state index contributed by atoms with van der Waals surface area (Å²) < 4.78 is 5.60. The molecule has 0 bridgehead atoms. The zero-order chi connectivity index (χ0) is 13.7. The predicted molar refractivity (Wildman–Crippen MR) is 77.5 cm³/mol. The van der Waals surface area contributed by atoms with Crippen molar-refractivity contribution in [1.82, 2.24) is 9.97 Å². The highest BCUT2D eigenvalue weighted by molar-refractivity contribution is 7.99. The Kier molecular flexibility index (Phi) is 4.63. The van der Waals surface area contributed by atoms with Gasteiger partial charge in [-0.3, -0.25) is 0 Å². The number of benzene rings is 1. The fourth-order valence-corrected chi connectivity index (χ4v) is 2.42. The van der Waals surface area contributed by atoms with Crippen LogP contribution in [0.2, 0.25) is 0 Å². The number of nitrogens with zero attached hydrogens (tertiary/aromatic N) is 2. The zero-order valence-corrected chi connectivity index (χ0v) is 11.9. The van der Waals surface area contributed by atoms with Crippen molar-refractivity contribution >= 4 is 17.4 Å². The van der Waals surface area contributed by atoms with Crippen LogP contribution in [0.3, 0.4) is 0 Å². The van der Waals surface area contributed by atoms with Crippen molar-refractivity contribution in [3.8, 4) is 5.75 Å². The lowest BCUT2D eigenvalue weighted by atomic mass is 10.3. The van der Waals surface area contributed by atoms with E-state index in [9.17, 15) is 0 Å². The van der Waals surface area contributed by atoms with Crippen molar-refractivity contribution in [2.45, 2.75) is 30.3 Å². The summed E-state index contributed by atoms with van der Waals surface area (Å²) >= 11 is 1.48. The van der Waals surface area contributed by atoms with Gasteiger partial charge in [-0.15, -0.1) is 0 Å². The lowest BCUT2D eigenvalue weighted by Gasteiger charge is -2.08. The number of aromatic nitrogens is 2. The number of anilines is 1. The van der Waals surface area contributed by atoms with Gasteiger partial charge in [0.1, 0.15) is 5.75 Å². The average molecular weight is 275 g/mol. The molecule has 0 spiro atoms. The van der Waals surface area contributed by atoms with Crippen LogP contribution in [0.1, 0.15) is 19.0 Å². The van der Waals surface area contributed by atoms with Crippen molar-refractivity contribution in [2.24, 2.45) is 0 Å². The highest BCUT2D eigenvalue weighted by Gasteiger charge is 2.04. The van der Waals surface area contributed by atoms with Gasteiger partial charge < -0.3 is 10.5 Å². The van der Waals surface area contributed by atoms with Gasteiger partial charge >= 0.3 is 0 Å². The molecule has 2 N–H and O–H groups in total. The zero-order valence-electron chi connectivity index (χ0n) is 11.1. The van der Waals surface area contributed by atoms with Gasteiger partial charge in [-0.1, -0.05) is 6.92 Å². The molecule has 2 rings (SSSR count). The Bertz CT molecular complexity index is 560. The van der Waals surface area contributed by atoms with E-state index in [1.54, 1.807) is 6.20 Å². The average Bonchev–Trinajstić information content (AvgIpc) is 2.35. The summed E-state index contributed by atoms with van der Waals surface area (Å²) in [6.07, 6.45) is 2.73. The van der Waals surface area contributed by atoms with E-state index in [0.717, 1.165) is 22.8 Å². The summed E-state index contributed by atoms with van der Waals surface area (Å²) in [4.78, 5) is 9.57. The summed E-state index contributed by atoms with van der Waals surface area (Å²) in [5.41, 5.74) is 7.51. The van der Waals surface area contributed by atoms with Crippen LogP contribution in [0.5, 0.6) is 5.75 Å². The van der Waals surface area contributed by atoms with Gasteiger partial charge in [0, 0.05) is 28.5 Å². The maximum atomic E-state index is 5.88. The Labute approximate surface area is 117 Å². The molecule has 0 saturated carbocycles. The summed E-state index contributed by atoms with van der Waals surface area (Å²) in [7, 11) is 0. The first kappa shape index (κ1) is 13.7. The third-order valence-electron chi connectivity index (χ3n) is 2.36. The largest absolute Gasteiger partial charge is 0.493 e. The Morgan fingerprint density at radius 2 is 2.16 bits per heavy atom. The molecular weight excluding hydrogens is 258 g/mol. The Hall–Kier alpha value is -1.75. The van der Waals surface area contributed by atoms with Gasteiger partial charge in [-0.25, -0.2) is 9.97 Å². The molecule has 0 atom stereocenters. The molecule has 0 saturated heterocycles. The third kappa shape index (κ3) is 4.13. The molecule has 0 aliphatic carbocycles. The Morgan fingerprint density at radius 3 is 2.89 bits per heavy atom. The molecule has 0 aliphatic rings. The minimum absolute atomic E-state index is 0.684. The first-order valence-corrected chi connectivity index (χ1v) is 7.00. The highest BCUT2D eigenvalue weighted by Crippen LogP contribution is 2.30. The van der Waals surface area contributed by atoms with Crippen LogP contribution in [0.4, 0.5) is 5.69 Å². The van der Waals surface area contributed by atoms with E-state index in [1.807, 2.05) is 31.2 Å². The Morgan fingerprint density at radius 1 is 1.32 bits per heavy atom. The van der Waals surface area contributed by atoms with Crippen molar-refractivity contribution in [1.29, 1.82) is 0 Å². The quantitative estimate of drug-likeness (QED) is 0.670. The fraction of sp³-hybridized carbons (Fsp3) is 0.286. The van der Waals surface area contributed by atoms with E-state index in [2.05, 4.69) is 16.9 Å². The lowest BCUT2D eigenvalue weighted by Crippen LogP contribution is -1.96. The molecule has 0 amide bonds. The molecule has 0 unspecified atom stereocenters. The summed E-state index contributed by atoms with van der Waals surface area (Å²) in [5.74, 6) is 0.789. The number of aryl methyl sites for hydroxylation is 1. The summed E-state index contributed by atoms with van der Waals surface area (Å²) in [6, 6.07) is 7.56. The maximum Gasteiger partial charge on any atom is 0.192 e. The van der Waals surface area contributed by atoms with Gasteiger partial charge in [0.2, 0.25) is 0 Å². The number of nitrogens with two attached hydrogens (primary N) is 1. The maximum absolute atomic E-state index is 5.88. The minimum atomic E-state index is 0.684. The predicted octanol–water partition coefficient (Wildman–Crippen LogP) is 3.31. The van der Waals surface area contributed by atoms with Crippen molar-refractivity contribution in [2.75, 3.05) is 12.3 Å². The molecule has 0 aliphatic heterocycles. The van der Waals surface area contributed by atoms with Gasteiger partial charge in [-0.05, 0) is 43.3 Å². The first-order chi connectivity index (χ1) is 9.17. The van der Waals surface area contributed by atoms with Gasteiger partial charge in [0.25, 0.3) is 0 Å². The van der Waals surface area contributed by atoms with Crippen LogP contribution in [0.25, 0.3) is 0 Å². The number of ether oxygens (including phenoxy) is 1. The Balaban J connectivity index is 2.17. The van der Waals surface area contributed by atoms with Crippen LogP contribution in [-0.4, -0.2) is 16.6 Å². The first-order valence-electron chi connectivity index (χ1n) is 6.18. The summed E-state index contributed by atoms with van der Waals surface area (Å²) in [6.45, 7) is 4.71. The van der Waals surface area contributed by atoms with E-state index in [4.69, 9.17) is 10.5 Å². The van der Waals surface area contributed by atoms with Crippen LogP contribution in [0, 0.1) is 6.92 Å². The molecular formula is C14H17N3OS. The number of nitrogen functional groups attached to an aromatic ring is 1. The van der Waals surface area contributed by atoms with E-state index < -0.39 is 0 Å². The molecule has 1 aromatic carbocycles. The van der Waals surface area contributed by atoms with E-state index in [-0.39, 0.29) is 0 Å². The van der Waals surface area contributed by atoms with Crippen LogP contribution in [0.15, 0.2) is 40.5 Å². The van der Waals surface area contributed by atoms with Crippen molar-refractivity contribution < 1.29 is 4.74 Å². The molecule has 2 aromatic rings. The van der Waals surface area contributed by atoms with Crippen molar-refractivity contribution in [3.05, 3.63) is 36.2 Å². The van der Waals surface area contributed by atoms with Crippen molar-refractivity contribution in [3.63, 3.8) is 0 Å². The second-order valence-electron chi connectivity index (χ2n) is 4.17. The topological polar surface area (TPSA) is 61.0 Å². The number of hydrogen-bond acceptors (Lipinski definition) is 5. The molecule has 4 nitrogen and oxygen atoms in total. The van der Waals surface area contributed by atoms with E-state index in [1.165, 1.54) is 11.8 Å². The summed E-state index contributed by atoms with van der Waals surface area (Å²) in [5, 5.41) is 0.715. The molecule has 100 valence electrons. The second-order valence-corrected chi connectivity index (χ2v) is 5.21. The van der Waals surface area contributed by atoms with Gasteiger partial charge in [0.05, 0.1) is 6.61 Å². The molecule has 1 heterocycles. The lowest BCUT2D eigenvalue weighted by molar-refractivity contribution is 0.317. The van der Waals surface area contributed by atoms with Gasteiger partial charge in [0.15, 0.2) is 5.16 Å². The second kappa shape index (κ2) is 6.43. The number of hydrogen-bond donors (Lipinski definition) is 1. The fourth-order valence-electron chi connectivity index (χ4n) is 1.54. The highest BCUT2D eigenvalue weighted by atomic mass is 32.2. The molecule has 0 fully saturated rings. The molecule has 0 radical (unpaired) electrons. The minimum Gasteiger partial charge on any atom is -0.493 e. The normalized spacial score (nSPS) is 10.4. The molecule has 1 aromatic heterocycles. The van der Waals surface area contributed by atoms with Crippen LogP contribution >= 0.6 is 11.8 Å². The van der Waals surface area contributed by atoms with Crippen LogP contribution in [-0.2, 0) is 0 Å². The standard InChI is InChI=1S/C14H17N3OS/c1-3-6-18-12-7-11(15)8-13(9-12)19-14-16-5-4-10(2)17-14/h4-5,7-9H,3,6,15H2,1-2H3. The SMILES string of the molecule is CCCOc1cc(N)cc(Sc2nccc(C)n2)c1.